The molecule has 114 valence electrons. The van der Waals surface area contributed by atoms with Gasteiger partial charge < -0.3 is 20.5 Å². The maximum absolute atomic E-state index is 12.0. The second-order valence-corrected chi connectivity index (χ2v) is 5.14. The predicted molar refractivity (Wildman–Crippen MR) is 76.9 cm³/mol. The summed E-state index contributed by atoms with van der Waals surface area (Å²) in [4.78, 5) is 23.3. The number of carbonyl (C=O) groups excluding carboxylic acids is 1. The number of benzene rings is 1. The molecule has 2 amide bonds. The van der Waals surface area contributed by atoms with Gasteiger partial charge in [-0.2, -0.15) is 0 Å². The van der Waals surface area contributed by atoms with Crippen molar-refractivity contribution in [1.29, 1.82) is 0 Å². The Morgan fingerprint density at radius 3 is 2.57 bits per heavy atom. The third-order valence-electron chi connectivity index (χ3n) is 3.54. The highest BCUT2D eigenvalue weighted by Gasteiger charge is 2.26. The van der Waals surface area contributed by atoms with E-state index in [-0.39, 0.29) is 12.1 Å². The Labute approximate surface area is 123 Å². The number of urea groups is 1. The van der Waals surface area contributed by atoms with Crippen LogP contribution < -0.4 is 10.6 Å². The molecule has 6 heteroatoms. The van der Waals surface area contributed by atoms with Crippen LogP contribution in [-0.4, -0.2) is 35.9 Å². The van der Waals surface area contributed by atoms with Gasteiger partial charge in [-0.25, -0.2) is 9.59 Å². The molecule has 21 heavy (non-hydrogen) atoms. The van der Waals surface area contributed by atoms with Crippen LogP contribution in [0.3, 0.4) is 0 Å². The number of carbonyl (C=O) groups is 2. The summed E-state index contributed by atoms with van der Waals surface area (Å²) in [7, 11) is 0. The Morgan fingerprint density at radius 2 is 2.00 bits per heavy atom. The molecule has 1 heterocycles. The molecule has 3 atom stereocenters. The second-order valence-electron chi connectivity index (χ2n) is 5.14. The summed E-state index contributed by atoms with van der Waals surface area (Å²) >= 11 is 0. The van der Waals surface area contributed by atoms with E-state index in [1.54, 1.807) is 30.3 Å². The second kappa shape index (κ2) is 7.08. The largest absolute Gasteiger partial charge is 0.479 e. The summed E-state index contributed by atoms with van der Waals surface area (Å²) in [5.74, 6) is -1.10. The van der Waals surface area contributed by atoms with Crippen molar-refractivity contribution in [2.24, 2.45) is 0 Å². The highest BCUT2D eigenvalue weighted by molar-refractivity contribution is 5.83. The van der Waals surface area contributed by atoms with Crippen LogP contribution in [0.15, 0.2) is 30.3 Å². The summed E-state index contributed by atoms with van der Waals surface area (Å²) in [6.45, 7) is 2.56. The van der Waals surface area contributed by atoms with Crippen LogP contribution in [-0.2, 0) is 9.53 Å². The van der Waals surface area contributed by atoms with Gasteiger partial charge in [0.25, 0.3) is 0 Å². The summed E-state index contributed by atoms with van der Waals surface area (Å²) in [5, 5.41) is 14.5. The molecule has 3 unspecified atom stereocenters. The van der Waals surface area contributed by atoms with Crippen molar-refractivity contribution < 1.29 is 19.4 Å². The maximum atomic E-state index is 12.0. The van der Waals surface area contributed by atoms with Crippen LogP contribution in [0, 0.1) is 0 Å². The molecule has 2 rings (SSSR count). The molecule has 1 aliphatic rings. The molecule has 1 aromatic carbocycles. The number of nitrogens with one attached hydrogen (secondary N) is 2. The lowest BCUT2D eigenvalue weighted by atomic mass is 10.1. The van der Waals surface area contributed by atoms with Crippen LogP contribution in [0.2, 0.25) is 0 Å². The van der Waals surface area contributed by atoms with E-state index >= 15 is 0 Å². The van der Waals surface area contributed by atoms with Crippen LogP contribution in [0.5, 0.6) is 0 Å². The lowest BCUT2D eigenvalue weighted by molar-refractivity contribution is -0.139. The first-order chi connectivity index (χ1) is 10.1. The molecule has 0 radical (unpaired) electrons. The lowest BCUT2D eigenvalue weighted by Crippen LogP contribution is -2.48. The topological polar surface area (TPSA) is 87.7 Å². The average molecular weight is 292 g/mol. The number of aliphatic carboxylic acids is 1. The molecular formula is C15H20N2O4. The number of amides is 2. The smallest absolute Gasteiger partial charge is 0.330 e. The molecule has 1 fully saturated rings. The van der Waals surface area contributed by atoms with Crippen molar-refractivity contribution in [1.82, 2.24) is 10.6 Å². The van der Waals surface area contributed by atoms with Gasteiger partial charge in [0, 0.05) is 6.61 Å². The number of rotatable bonds is 5. The maximum Gasteiger partial charge on any atom is 0.330 e. The Morgan fingerprint density at radius 1 is 1.29 bits per heavy atom. The standard InChI is InChI=1S/C15H20N2O4/c1-10(12-8-5-9-21-12)16-15(20)17-13(14(18)19)11-6-3-2-4-7-11/h2-4,6-7,10,12-13H,5,8-9H2,1H3,(H,18,19)(H2,16,17,20). The first kappa shape index (κ1) is 15.3. The van der Waals surface area contributed by atoms with E-state index in [1.807, 2.05) is 6.92 Å². The van der Waals surface area contributed by atoms with E-state index in [2.05, 4.69) is 10.6 Å². The van der Waals surface area contributed by atoms with Crippen molar-refractivity contribution >= 4 is 12.0 Å². The molecule has 0 saturated carbocycles. The lowest BCUT2D eigenvalue weighted by Gasteiger charge is -2.22. The van der Waals surface area contributed by atoms with Crippen LogP contribution >= 0.6 is 0 Å². The Kier molecular flexibility index (Phi) is 5.16. The Bertz CT molecular complexity index is 486. The summed E-state index contributed by atoms with van der Waals surface area (Å²) in [6.07, 6.45) is 1.89. The van der Waals surface area contributed by atoms with Crippen LogP contribution in [0.4, 0.5) is 4.79 Å². The Hall–Kier alpha value is -2.08. The third-order valence-corrected chi connectivity index (χ3v) is 3.54. The summed E-state index contributed by atoms with van der Waals surface area (Å²) in [6, 6.07) is 6.88. The molecule has 0 aromatic heterocycles. The van der Waals surface area contributed by atoms with Crippen LogP contribution in [0.25, 0.3) is 0 Å². The van der Waals surface area contributed by atoms with E-state index in [9.17, 15) is 14.7 Å². The fourth-order valence-corrected chi connectivity index (χ4v) is 2.40. The summed E-state index contributed by atoms with van der Waals surface area (Å²) < 4.78 is 5.49. The fourth-order valence-electron chi connectivity index (χ4n) is 2.40. The van der Waals surface area contributed by atoms with E-state index in [1.165, 1.54) is 0 Å². The van der Waals surface area contributed by atoms with E-state index in [0.29, 0.717) is 12.2 Å². The fraction of sp³-hybridized carbons (Fsp3) is 0.467. The number of ether oxygens (including phenoxy) is 1. The van der Waals surface area contributed by atoms with Crippen molar-refractivity contribution in [2.75, 3.05) is 6.61 Å². The van der Waals surface area contributed by atoms with Gasteiger partial charge in [-0.1, -0.05) is 30.3 Å². The first-order valence-electron chi connectivity index (χ1n) is 7.04. The van der Waals surface area contributed by atoms with Gasteiger partial charge in [0.2, 0.25) is 0 Å². The molecule has 1 aliphatic heterocycles. The van der Waals surface area contributed by atoms with Crippen LogP contribution in [0.1, 0.15) is 31.4 Å². The minimum Gasteiger partial charge on any atom is -0.479 e. The Balaban J connectivity index is 1.94. The zero-order valence-electron chi connectivity index (χ0n) is 11.9. The predicted octanol–water partition coefficient (Wildman–Crippen LogP) is 1.68. The van der Waals surface area contributed by atoms with E-state index in [4.69, 9.17) is 4.74 Å². The average Bonchev–Trinajstić information content (AvgIpc) is 2.99. The first-order valence-corrected chi connectivity index (χ1v) is 7.04. The van der Waals surface area contributed by atoms with Crippen molar-refractivity contribution in [2.45, 2.75) is 38.0 Å². The number of carboxylic acid groups (broad SMARTS) is 1. The zero-order chi connectivity index (χ0) is 15.2. The van der Waals surface area contributed by atoms with Crippen molar-refractivity contribution in [3.8, 4) is 0 Å². The monoisotopic (exact) mass is 292 g/mol. The van der Waals surface area contributed by atoms with Gasteiger partial charge in [-0.05, 0) is 25.3 Å². The minimum atomic E-state index is -1.10. The van der Waals surface area contributed by atoms with Gasteiger partial charge in [-0.15, -0.1) is 0 Å². The number of hydrogen-bond acceptors (Lipinski definition) is 3. The third kappa shape index (κ3) is 4.19. The molecule has 3 N–H and O–H groups in total. The molecule has 0 bridgehead atoms. The molecule has 0 aliphatic carbocycles. The molecule has 1 aromatic rings. The quantitative estimate of drug-likeness (QED) is 0.770. The molecular weight excluding hydrogens is 272 g/mol. The van der Waals surface area contributed by atoms with E-state index in [0.717, 1.165) is 12.8 Å². The number of hydrogen-bond donors (Lipinski definition) is 3. The normalized spacial score (nSPS) is 20.5. The van der Waals surface area contributed by atoms with E-state index < -0.39 is 18.0 Å². The van der Waals surface area contributed by atoms with Crippen molar-refractivity contribution in [3.63, 3.8) is 0 Å². The highest BCUT2D eigenvalue weighted by Crippen LogP contribution is 2.16. The van der Waals surface area contributed by atoms with Gasteiger partial charge in [0.1, 0.15) is 0 Å². The number of carboxylic acids is 1. The van der Waals surface area contributed by atoms with Crippen molar-refractivity contribution in [3.05, 3.63) is 35.9 Å². The molecule has 0 spiro atoms. The SMILES string of the molecule is CC(NC(=O)NC(C(=O)O)c1ccccc1)C1CCCO1. The van der Waals surface area contributed by atoms with Gasteiger partial charge in [-0.3, -0.25) is 0 Å². The summed E-state index contributed by atoms with van der Waals surface area (Å²) in [5.41, 5.74) is 0.532. The van der Waals surface area contributed by atoms with Gasteiger partial charge >= 0.3 is 12.0 Å². The zero-order valence-corrected chi connectivity index (χ0v) is 11.9. The van der Waals surface area contributed by atoms with Gasteiger partial charge in [0.15, 0.2) is 6.04 Å². The minimum absolute atomic E-state index is 0.00393. The van der Waals surface area contributed by atoms with Gasteiger partial charge in [0.05, 0.1) is 12.1 Å². The molecule has 6 nitrogen and oxygen atoms in total. The molecule has 1 saturated heterocycles. The highest BCUT2D eigenvalue weighted by atomic mass is 16.5.